The fraction of sp³-hybridized carbons (Fsp3) is 0.200. The summed E-state index contributed by atoms with van der Waals surface area (Å²) in [5.74, 6) is -1.21. The lowest BCUT2D eigenvalue weighted by Crippen LogP contribution is -2.20. The Kier molecular flexibility index (Phi) is 7.07. The van der Waals surface area contributed by atoms with E-state index in [4.69, 9.17) is 4.74 Å². The molecule has 0 saturated carbocycles. The molecule has 0 radical (unpaired) electrons. The van der Waals surface area contributed by atoms with Crippen molar-refractivity contribution in [2.75, 3.05) is 11.9 Å². The highest BCUT2D eigenvalue weighted by Gasteiger charge is 2.22. The molecule has 0 atom stereocenters. The van der Waals surface area contributed by atoms with Crippen molar-refractivity contribution < 1.29 is 19.1 Å². The molecular formula is C20H19N3O4S. The number of nitriles is 1. The lowest BCUT2D eigenvalue weighted by Gasteiger charge is -2.06. The standard InChI is InChI=1S/C20H19N3O4S/c1-4-16(24)22-11-13-6-8-14(9-7-13)18(25)23-19-15(10-21)12(3)17(28-19)20(26)27-5-2/h4,6-9H,1,5,11H2,2-3H3,(H,22,24)(H,23,25). The molecule has 2 rings (SSSR count). The van der Waals surface area contributed by atoms with Gasteiger partial charge < -0.3 is 15.4 Å². The predicted octanol–water partition coefficient (Wildman–Crippen LogP) is 3.16. The number of thiophene rings is 1. The quantitative estimate of drug-likeness (QED) is 0.551. The van der Waals surface area contributed by atoms with Crippen molar-refractivity contribution in [2.24, 2.45) is 0 Å². The van der Waals surface area contributed by atoms with E-state index in [1.807, 2.05) is 6.07 Å². The third-order valence-electron chi connectivity index (χ3n) is 3.81. The Morgan fingerprint density at radius 3 is 2.54 bits per heavy atom. The number of ether oxygens (including phenoxy) is 1. The number of esters is 1. The number of benzene rings is 1. The third kappa shape index (κ3) is 4.84. The molecule has 0 aliphatic rings. The fourth-order valence-electron chi connectivity index (χ4n) is 2.34. The van der Waals surface area contributed by atoms with Gasteiger partial charge in [0, 0.05) is 12.1 Å². The normalized spacial score (nSPS) is 9.89. The summed E-state index contributed by atoms with van der Waals surface area (Å²) in [4.78, 5) is 36.0. The summed E-state index contributed by atoms with van der Waals surface area (Å²) in [6.07, 6.45) is 1.18. The van der Waals surface area contributed by atoms with Crippen molar-refractivity contribution in [3.63, 3.8) is 0 Å². The van der Waals surface area contributed by atoms with Crippen molar-refractivity contribution in [1.82, 2.24) is 5.32 Å². The Morgan fingerprint density at radius 1 is 1.29 bits per heavy atom. The summed E-state index contributed by atoms with van der Waals surface area (Å²) < 4.78 is 4.99. The maximum Gasteiger partial charge on any atom is 0.348 e. The Morgan fingerprint density at radius 2 is 1.96 bits per heavy atom. The zero-order chi connectivity index (χ0) is 20.7. The number of nitrogens with zero attached hydrogens (tertiary/aromatic N) is 1. The molecule has 0 aliphatic heterocycles. The highest BCUT2D eigenvalue weighted by molar-refractivity contribution is 7.18. The number of hydrogen-bond acceptors (Lipinski definition) is 6. The van der Waals surface area contributed by atoms with Crippen LogP contribution in [0, 0.1) is 18.3 Å². The Balaban J connectivity index is 2.15. The smallest absolute Gasteiger partial charge is 0.348 e. The molecule has 0 saturated heterocycles. The number of amides is 2. The summed E-state index contributed by atoms with van der Waals surface area (Å²) in [5.41, 5.74) is 1.92. The lowest BCUT2D eigenvalue weighted by molar-refractivity contribution is -0.116. The van der Waals surface area contributed by atoms with Crippen molar-refractivity contribution in [2.45, 2.75) is 20.4 Å². The molecule has 2 N–H and O–H groups in total. The molecule has 8 heteroatoms. The summed E-state index contributed by atoms with van der Waals surface area (Å²) in [6.45, 7) is 7.25. The van der Waals surface area contributed by atoms with Crippen LogP contribution in [-0.4, -0.2) is 24.4 Å². The zero-order valence-corrected chi connectivity index (χ0v) is 16.3. The van der Waals surface area contributed by atoms with Gasteiger partial charge in [0.25, 0.3) is 5.91 Å². The number of nitrogens with one attached hydrogen (secondary N) is 2. The van der Waals surface area contributed by atoms with Gasteiger partial charge in [-0.15, -0.1) is 11.3 Å². The van der Waals surface area contributed by atoms with Crippen LogP contribution in [0.15, 0.2) is 36.9 Å². The van der Waals surface area contributed by atoms with Crippen LogP contribution < -0.4 is 10.6 Å². The molecule has 1 aromatic heterocycles. The van der Waals surface area contributed by atoms with Gasteiger partial charge in [0.15, 0.2) is 0 Å². The second-order valence-corrected chi connectivity index (χ2v) is 6.69. The van der Waals surface area contributed by atoms with Crippen LogP contribution in [0.3, 0.4) is 0 Å². The number of anilines is 1. The molecule has 0 fully saturated rings. The monoisotopic (exact) mass is 397 g/mol. The predicted molar refractivity (Wildman–Crippen MR) is 106 cm³/mol. The average Bonchev–Trinajstić information content (AvgIpc) is 3.01. The van der Waals surface area contributed by atoms with Crippen LogP contribution >= 0.6 is 11.3 Å². The summed E-state index contributed by atoms with van der Waals surface area (Å²) in [7, 11) is 0. The molecule has 7 nitrogen and oxygen atoms in total. The Bertz CT molecular complexity index is 955. The molecule has 0 unspecified atom stereocenters. The van der Waals surface area contributed by atoms with E-state index in [1.54, 1.807) is 38.1 Å². The minimum absolute atomic E-state index is 0.222. The van der Waals surface area contributed by atoms with E-state index in [0.29, 0.717) is 27.5 Å². The fourth-order valence-corrected chi connectivity index (χ4v) is 3.38. The number of hydrogen-bond donors (Lipinski definition) is 2. The van der Waals surface area contributed by atoms with Gasteiger partial charge in [0.1, 0.15) is 15.9 Å². The first kappa shape index (κ1) is 20.9. The zero-order valence-electron chi connectivity index (χ0n) is 15.5. The minimum atomic E-state index is -0.520. The lowest BCUT2D eigenvalue weighted by atomic mass is 10.1. The molecule has 0 bridgehead atoms. The van der Waals surface area contributed by atoms with E-state index in [1.165, 1.54) is 6.08 Å². The van der Waals surface area contributed by atoms with E-state index >= 15 is 0 Å². The Hall–Kier alpha value is -3.44. The minimum Gasteiger partial charge on any atom is -0.462 e. The van der Waals surface area contributed by atoms with Crippen LogP contribution in [0.2, 0.25) is 0 Å². The largest absolute Gasteiger partial charge is 0.462 e. The van der Waals surface area contributed by atoms with Crippen LogP contribution in [0.25, 0.3) is 0 Å². The summed E-state index contributed by atoms with van der Waals surface area (Å²) in [6, 6.07) is 8.68. The van der Waals surface area contributed by atoms with Gasteiger partial charge in [0.2, 0.25) is 5.91 Å². The van der Waals surface area contributed by atoms with Crippen molar-refractivity contribution >= 4 is 34.1 Å². The van der Waals surface area contributed by atoms with Gasteiger partial charge in [-0.25, -0.2) is 4.79 Å². The first-order valence-electron chi connectivity index (χ1n) is 8.42. The molecule has 28 heavy (non-hydrogen) atoms. The van der Waals surface area contributed by atoms with Gasteiger partial charge in [-0.05, 0) is 43.2 Å². The van der Waals surface area contributed by atoms with E-state index in [-0.39, 0.29) is 18.1 Å². The van der Waals surface area contributed by atoms with Crippen molar-refractivity contribution in [3.8, 4) is 6.07 Å². The van der Waals surface area contributed by atoms with Gasteiger partial charge in [0.05, 0.1) is 12.2 Å². The van der Waals surface area contributed by atoms with Crippen LogP contribution in [0.1, 0.15) is 43.6 Å². The van der Waals surface area contributed by atoms with E-state index < -0.39 is 11.9 Å². The first-order chi connectivity index (χ1) is 13.4. The number of rotatable bonds is 7. The first-order valence-corrected chi connectivity index (χ1v) is 9.24. The summed E-state index contributed by atoms with van der Waals surface area (Å²) >= 11 is 1.01. The van der Waals surface area contributed by atoms with Crippen LogP contribution in [0.5, 0.6) is 0 Å². The van der Waals surface area contributed by atoms with Crippen LogP contribution in [-0.2, 0) is 16.1 Å². The van der Waals surface area contributed by atoms with E-state index in [0.717, 1.165) is 16.9 Å². The average molecular weight is 397 g/mol. The third-order valence-corrected chi connectivity index (χ3v) is 5.00. The second-order valence-electron chi connectivity index (χ2n) is 5.67. The topological polar surface area (TPSA) is 108 Å². The van der Waals surface area contributed by atoms with E-state index in [2.05, 4.69) is 17.2 Å². The van der Waals surface area contributed by atoms with Gasteiger partial charge >= 0.3 is 5.97 Å². The molecule has 1 heterocycles. The summed E-state index contributed by atoms with van der Waals surface area (Å²) in [5, 5.41) is 15.0. The number of carbonyl (C=O) groups excluding carboxylic acids is 3. The maximum atomic E-state index is 12.5. The molecule has 2 amide bonds. The SMILES string of the molecule is C=CC(=O)NCc1ccc(C(=O)Nc2sc(C(=O)OCC)c(C)c2C#N)cc1. The van der Waals surface area contributed by atoms with Crippen molar-refractivity contribution in [1.29, 1.82) is 5.26 Å². The molecule has 0 spiro atoms. The second kappa shape index (κ2) is 9.48. The van der Waals surface area contributed by atoms with Gasteiger partial charge in [-0.2, -0.15) is 5.26 Å². The van der Waals surface area contributed by atoms with Crippen LogP contribution in [0.4, 0.5) is 5.00 Å². The highest BCUT2D eigenvalue weighted by atomic mass is 32.1. The molecule has 2 aromatic rings. The van der Waals surface area contributed by atoms with Gasteiger partial charge in [-0.1, -0.05) is 18.7 Å². The maximum absolute atomic E-state index is 12.5. The molecule has 0 aliphatic carbocycles. The van der Waals surface area contributed by atoms with Gasteiger partial charge in [-0.3, -0.25) is 9.59 Å². The Labute approximate surface area is 166 Å². The van der Waals surface area contributed by atoms with Crippen molar-refractivity contribution in [3.05, 3.63) is 64.1 Å². The highest BCUT2D eigenvalue weighted by Crippen LogP contribution is 2.33. The number of carbonyl (C=O) groups is 3. The molecule has 1 aromatic carbocycles. The molecular weight excluding hydrogens is 378 g/mol. The van der Waals surface area contributed by atoms with E-state index in [9.17, 15) is 19.6 Å². The molecule has 144 valence electrons.